The molecule has 1 aliphatic heterocycles. The lowest BCUT2D eigenvalue weighted by atomic mass is 10.1. The average molecular weight is 270 g/mol. The van der Waals surface area contributed by atoms with Gasteiger partial charge in [0.25, 0.3) is 0 Å². The number of amides is 1. The predicted molar refractivity (Wildman–Crippen MR) is 77.1 cm³/mol. The quantitative estimate of drug-likeness (QED) is 0.909. The first kappa shape index (κ1) is 12.7. The summed E-state index contributed by atoms with van der Waals surface area (Å²) in [6, 6.07) is 13.7. The number of nitrogens with zero attached hydrogens (tertiary/aromatic N) is 1. The number of fused-ring (bicyclic) bond motifs is 1. The summed E-state index contributed by atoms with van der Waals surface area (Å²) in [4.78, 5) is 14.0. The van der Waals surface area contributed by atoms with Crippen molar-refractivity contribution in [1.82, 2.24) is 0 Å². The van der Waals surface area contributed by atoms with E-state index in [1.807, 2.05) is 37.3 Å². The van der Waals surface area contributed by atoms with E-state index in [1.54, 1.807) is 11.0 Å². The second-order valence-electron chi connectivity index (χ2n) is 4.94. The van der Waals surface area contributed by atoms with Crippen LogP contribution in [-0.2, 0) is 11.3 Å². The first-order valence-electron chi connectivity index (χ1n) is 6.56. The number of carbonyl (C=O) groups excluding carboxylic acids is 1. The van der Waals surface area contributed by atoms with Gasteiger partial charge in [-0.25, -0.2) is 4.39 Å². The molecule has 102 valence electrons. The highest BCUT2D eigenvalue weighted by Crippen LogP contribution is 2.32. The van der Waals surface area contributed by atoms with E-state index in [-0.39, 0.29) is 17.8 Å². The summed E-state index contributed by atoms with van der Waals surface area (Å²) in [5, 5.41) is 3.17. The minimum Gasteiger partial charge on any atom is -0.372 e. The van der Waals surface area contributed by atoms with Crippen LogP contribution in [0.25, 0.3) is 0 Å². The number of benzene rings is 2. The largest absolute Gasteiger partial charge is 0.372 e. The highest BCUT2D eigenvalue weighted by Gasteiger charge is 2.29. The monoisotopic (exact) mass is 270 g/mol. The van der Waals surface area contributed by atoms with Gasteiger partial charge in [-0.05, 0) is 36.8 Å². The van der Waals surface area contributed by atoms with Crippen molar-refractivity contribution < 1.29 is 9.18 Å². The summed E-state index contributed by atoms with van der Waals surface area (Å²) >= 11 is 0. The fourth-order valence-corrected chi connectivity index (χ4v) is 2.46. The number of nitrogens with one attached hydrogen (secondary N) is 1. The highest BCUT2D eigenvalue weighted by atomic mass is 19.1. The zero-order valence-corrected chi connectivity index (χ0v) is 11.1. The Kier molecular flexibility index (Phi) is 3.14. The number of para-hydroxylation sites is 2. The van der Waals surface area contributed by atoms with Crippen molar-refractivity contribution in [2.75, 3.05) is 10.2 Å². The smallest absolute Gasteiger partial charge is 0.249 e. The molecular weight excluding hydrogens is 255 g/mol. The lowest BCUT2D eigenvalue weighted by molar-refractivity contribution is -0.119. The van der Waals surface area contributed by atoms with Gasteiger partial charge in [0.05, 0.1) is 17.9 Å². The number of carbonyl (C=O) groups is 1. The van der Waals surface area contributed by atoms with E-state index in [0.29, 0.717) is 6.54 Å². The molecule has 0 aliphatic carbocycles. The molecule has 20 heavy (non-hydrogen) atoms. The molecule has 1 N–H and O–H groups in total. The first-order valence-corrected chi connectivity index (χ1v) is 6.56. The molecule has 2 aromatic rings. The lowest BCUT2D eigenvalue weighted by Gasteiger charge is -2.34. The van der Waals surface area contributed by atoms with Crippen molar-refractivity contribution in [2.24, 2.45) is 0 Å². The van der Waals surface area contributed by atoms with E-state index >= 15 is 0 Å². The van der Waals surface area contributed by atoms with Crippen LogP contribution in [0.3, 0.4) is 0 Å². The van der Waals surface area contributed by atoms with Gasteiger partial charge in [0.2, 0.25) is 5.91 Å². The molecule has 2 aromatic carbocycles. The van der Waals surface area contributed by atoms with Crippen LogP contribution in [0.15, 0.2) is 48.5 Å². The average Bonchev–Trinajstić information content (AvgIpc) is 2.44. The molecule has 1 heterocycles. The summed E-state index contributed by atoms with van der Waals surface area (Å²) in [5.41, 5.74) is 2.54. The highest BCUT2D eigenvalue weighted by molar-refractivity contribution is 6.04. The normalized spacial score (nSPS) is 17.6. The number of hydrogen-bond acceptors (Lipinski definition) is 2. The van der Waals surface area contributed by atoms with Crippen molar-refractivity contribution in [3.63, 3.8) is 0 Å². The molecule has 3 rings (SSSR count). The summed E-state index contributed by atoms with van der Waals surface area (Å²) in [5.74, 6) is -0.292. The van der Waals surface area contributed by atoms with Gasteiger partial charge in [-0.1, -0.05) is 24.3 Å². The second kappa shape index (κ2) is 4.96. The van der Waals surface area contributed by atoms with Crippen LogP contribution in [-0.4, -0.2) is 11.9 Å². The SMILES string of the molecule is CC1Nc2ccccc2N(Cc2cccc(F)c2)C1=O. The number of halogens is 1. The summed E-state index contributed by atoms with van der Waals surface area (Å²) in [6.07, 6.45) is 0. The molecule has 4 heteroatoms. The minimum atomic E-state index is -0.286. The fraction of sp³-hybridized carbons (Fsp3) is 0.188. The Bertz CT molecular complexity index is 656. The van der Waals surface area contributed by atoms with Gasteiger partial charge in [0.1, 0.15) is 11.9 Å². The topological polar surface area (TPSA) is 32.3 Å². The minimum absolute atomic E-state index is 0.00652. The van der Waals surface area contributed by atoms with E-state index in [1.165, 1.54) is 12.1 Å². The third-order valence-corrected chi connectivity index (χ3v) is 3.43. The van der Waals surface area contributed by atoms with Gasteiger partial charge >= 0.3 is 0 Å². The van der Waals surface area contributed by atoms with Gasteiger partial charge < -0.3 is 10.2 Å². The molecule has 1 unspecified atom stereocenters. The third kappa shape index (κ3) is 2.25. The van der Waals surface area contributed by atoms with Gasteiger partial charge in [-0.15, -0.1) is 0 Å². The van der Waals surface area contributed by atoms with Crippen molar-refractivity contribution in [2.45, 2.75) is 19.5 Å². The molecule has 1 aliphatic rings. The molecule has 0 saturated carbocycles. The maximum absolute atomic E-state index is 13.3. The maximum atomic E-state index is 13.3. The molecule has 3 nitrogen and oxygen atoms in total. The van der Waals surface area contributed by atoms with Crippen molar-refractivity contribution in [1.29, 1.82) is 0 Å². The molecule has 0 aromatic heterocycles. The van der Waals surface area contributed by atoms with Gasteiger partial charge in [-0.3, -0.25) is 4.79 Å². The zero-order chi connectivity index (χ0) is 14.1. The fourth-order valence-electron chi connectivity index (χ4n) is 2.46. The van der Waals surface area contributed by atoms with Gasteiger partial charge in [-0.2, -0.15) is 0 Å². The molecule has 0 fully saturated rings. The first-order chi connectivity index (χ1) is 9.65. The van der Waals surface area contributed by atoms with Crippen LogP contribution in [0, 0.1) is 5.82 Å². The van der Waals surface area contributed by atoms with Crippen LogP contribution in [0.4, 0.5) is 15.8 Å². The van der Waals surface area contributed by atoms with E-state index in [2.05, 4.69) is 5.32 Å². The Morgan fingerprint density at radius 1 is 1.20 bits per heavy atom. The number of rotatable bonds is 2. The van der Waals surface area contributed by atoms with Crippen LogP contribution in [0.5, 0.6) is 0 Å². The van der Waals surface area contributed by atoms with E-state index in [4.69, 9.17) is 0 Å². The predicted octanol–water partition coefficient (Wildman–Crippen LogP) is 3.17. The number of hydrogen-bond donors (Lipinski definition) is 1. The zero-order valence-electron chi connectivity index (χ0n) is 11.1. The van der Waals surface area contributed by atoms with Gasteiger partial charge in [0.15, 0.2) is 0 Å². The number of anilines is 2. The summed E-state index contributed by atoms with van der Waals surface area (Å²) in [6.45, 7) is 2.20. The Morgan fingerprint density at radius 2 is 2.00 bits per heavy atom. The Hall–Kier alpha value is -2.36. The molecule has 0 saturated heterocycles. The van der Waals surface area contributed by atoms with Crippen LogP contribution in [0.2, 0.25) is 0 Å². The van der Waals surface area contributed by atoms with Crippen molar-refractivity contribution >= 4 is 17.3 Å². The molecule has 0 bridgehead atoms. The van der Waals surface area contributed by atoms with Crippen LogP contribution < -0.4 is 10.2 Å². The lowest BCUT2D eigenvalue weighted by Crippen LogP contribution is -2.45. The van der Waals surface area contributed by atoms with Crippen molar-refractivity contribution in [3.8, 4) is 0 Å². The third-order valence-electron chi connectivity index (χ3n) is 3.43. The molecule has 1 atom stereocenters. The summed E-state index contributed by atoms with van der Waals surface area (Å²) < 4.78 is 13.3. The van der Waals surface area contributed by atoms with Crippen LogP contribution in [0.1, 0.15) is 12.5 Å². The second-order valence-corrected chi connectivity index (χ2v) is 4.94. The maximum Gasteiger partial charge on any atom is 0.249 e. The Balaban J connectivity index is 1.97. The van der Waals surface area contributed by atoms with E-state index in [9.17, 15) is 9.18 Å². The Morgan fingerprint density at radius 3 is 2.80 bits per heavy atom. The molecule has 0 radical (unpaired) electrons. The summed E-state index contributed by atoms with van der Waals surface area (Å²) in [7, 11) is 0. The van der Waals surface area contributed by atoms with E-state index < -0.39 is 0 Å². The standard InChI is InChI=1S/C16H15FN2O/c1-11-16(20)19(10-12-5-4-6-13(17)9-12)15-8-3-2-7-14(15)18-11/h2-9,11,18H,10H2,1H3. The van der Waals surface area contributed by atoms with E-state index in [0.717, 1.165) is 16.9 Å². The van der Waals surface area contributed by atoms with Crippen molar-refractivity contribution in [3.05, 3.63) is 59.9 Å². The molecule has 1 amide bonds. The Labute approximate surface area is 117 Å². The van der Waals surface area contributed by atoms with Gasteiger partial charge in [0, 0.05) is 0 Å². The van der Waals surface area contributed by atoms with Crippen LogP contribution >= 0.6 is 0 Å². The molecule has 0 spiro atoms. The molecular formula is C16H15FN2O.